The molecule has 1 N–H and O–H groups in total. The van der Waals surface area contributed by atoms with Gasteiger partial charge in [0, 0.05) is 19.9 Å². The van der Waals surface area contributed by atoms with Crippen molar-refractivity contribution in [2.24, 2.45) is 0 Å². The first-order valence-electron chi connectivity index (χ1n) is 5.86. The first-order chi connectivity index (χ1) is 9.19. The van der Waals surface area contributed by atoms with Crippen molar-refractivity contribution in [2.75, 3.05) is 20.3 Å². The zero-order chi connectivity index (χ0) is 13.8. The number of carbonyl (C=O) groups excluding carboxylic acids is 1. The summed E-state index contributed by atoms with van der Waals surface area (Å²) in [6.45, 7) is 0.911. The van der Waals surface area contributed by atoms with Crippen LogP contribution in [-0.2, 0) is 14.4 Å². The van der Waals surface area contributed by atoms with E-state index in [4.69, 9.17) is 14.7 Å². The van der Waals surface area contributed by atoms with Crippen molar-refractivity contribution in [3.05, 3.63) is 34.2 Å². The number of nitrogens with zero attached hydrogens (tertiary/aromatic N) is 1. The molecule has 2 heterocycles. The maximum absolute atomic E-state index is 12.2. The molecule has 1 saturated heterocycles. The van der Waals surface area contributed by atoms with E-state index in [1.165, 1.54) is 10.6 Å². The first kappa shape index (κ1) is 13.7. The maximum atomic E-state index is 12.2. The summed E-state index contributed by atoms with van der Waals surface area (Å²) in [5, 5.41) is 8.37. The van der Waals surface area contributed by atoms with Gasteiger partial charge in [0.05, 0.1) is 12.6 Å². The third-order valence-electron chi connectivity index (χ3n) is 3.21. The number of aromatic nitrogens is 1. The Labute approximate surface area is 109 Å². The van der Waals surface area contributed by atoms with Crippen molar-refractivity contribution in [3.63, 3.8) is 0 Å². The Morgan fingerprint density at radius 3 is 3.05 bits per heavy atom. The van der Waals surface area contributed by atoms with Gasteiger partial charge in [0.2, 0.25) is 0 Å². The van der Waals surface area contributed by atoms with Crippen LogP contribution in [0.25, 0.3) is 0 Å². The summed E-state index contributed by atoms with van der Waals surface area (Å²) in [4.78, 5) is 27.1. The molecule has 1 aromatic heterocycles. The number of carbonyl (C=O) groups is 1. The van der Waals surface area contributed by atoms with Crippen molar-refractivity contribution < 1.29 is 24.4 Å². The molecule has 0 aromatic carbocycles. The van der Waals surface area contributed by atoms with E-state index in [0.29, 0.717) is 19.6 Å². The molecule has 0 amide bonds. The van der Waals surface area contributed by atoms with Gasteiger partial charge in [0.25, 0.3) is 5.56 Å². The predicted molar refractivity (Wildman–Crippen MR) is 64.0 cm³/mol. The molecule has 19 heavy (non-hydrogen) atoms. The molecule has 1 aliphatic rings. The van der Waals surface area contributed by atoms with Crippen molar-refractivity contribution >= 4 is 5.97 Å². The Balaban J connectivity index is 2.39. The van der Waals surface area contributed by atoms with Gasteiger partial charge in [-0.15, -0.1) is 0 Å². The summed E-state index contributed by atoms with van der Waals surface area (Å²) in [5.41, 5.74) is -0.734. The molecule has 1 aromatic rings. The van der Waals surface area contributed by atoms with Crippen LogP contribution in [-0.4, -0.2) is 42.2 Å². The van der Waals surface area contributed by atoms with Gasteiger partial charge >= 0.3 is 5.97 Å². The highest BCUT2D eigenvalue weighted by molar-refractivity contribution is 5.88. The topological polar surface area (TPSA) is 87.0 Å². The number of methoxy groups -OCH3 is 1. The minimum absolute atomic E-state index is 0.210. The van der Waals surface area contributed by atoms with E-state index < -0.39 is 11.5 Å². The number of pyridine rings is 1. The van der Waals surface area contributed by atoms with Crippen LogP contribution in [0, 0.1) is 0 Å². The third kappa shape index (κ3) is 2.67. The second-order valence-electron chi connectivity index (χ2n) is 4.22. The molecule has 0 saturated carbocycles. The largest absolute Gasteiger partial charge is 0.379 e. The van der Waals surface area contributed by atoms with Gasteiger partial charge < -0.3 is 14.0 Å². The summed E-state index contributed by atoms with van der Waals surface area (Å²) >= 11 is 0. The molecule has 0 spiro atoms. The molecule has 0 unspecified atom stereocenters. The Bertz CT molecular complexity index is 511. The summed E-state index contributed by atoms with van der Waals surface area (Å²) in [7, 11) is 1.54. The van der Waals surface area contributed by atoms with E-state index in [1.807, 2.05) is 0 Å². The van der Waals surface area contributed by atoms with Gasteiger partial charge in [-0.3, -0.25) is 9.68 Å². The second kappa shape index (κ2) is 5.96. The third-order valence-corrected chi connectivity index (χ3v) is 3.21. The Kier molecular flexibility index (Phi) is 4.31. The van der Waals surface area contributed by atoms with E-state index in [-0.39, 0.29) is 17.7 Å². The fourth-order valence-corrected chi connectivity index (χ4v) is 2.22. The van der Waals surface area contributed by atoms with E-state index >= 15 is 0 Å². The molecule has 2 atom stereocenters. The Morgan fingerprint density at radius 2 is 2.37 bits per heavy atom. The molecule has 7 nitrogen and oxygen atoms in total. The minimum Gasteiger partial charge on any atom is -0.379 e. The average Bonchev–Trinajstić information content (AvgIpc) is 2.46. The molecule has 0 bridgehead atoms. The highest BCUT2D eigenvalue weighted by atomic mass is 17.1. The van der Waals surface area contributed by atoms with Crippen molar-refractivity contribution in [3.8, 4) is 0 Å². The van der Waals surface area contributed by atoms with Crippen LogP contribution < -0.4 is 5.56 Å². The van der Waals surface area contributed by atoms with Gasteiger partial charge in [0.15, 0.2) is 0 Å². The van der Waals surface area contributed by atoms with E-state index in [9.17, 15) is 9.59 Å². The standard InChI is InChI=1S/C12H15NO6/c1-17-10-7-18-6-4-9(10)13-5-2-3-8(11(13)14)12(15)19-16/h2-3,5,9-10,16H,4,6-7H2,1H3/t9-,10+/m0/s1. The van der Waals surface area contributed by atoms with Gasteiger partial charge in [-0.2, -0.15) is 5.26 Å². The van der Waals surface area contributed by atoms with Crippen LogP contribution in [0.15, 0.2) is 23.1 Å². The molecular formula is C12H15NO6. The number of rotatable bonds is 3. The van der Waals surface area contributed by atoms with Crippen LogP contribution in [0.1, 0.15) is 22.8 Å². The van der Waals surface area contributed by atoms with Crippen LogP contribution in [0.2, 0.25) is 0 Å². The first-order valence-corrected chi connectivity index (χ1v) is 5.86. The van der Waals surface area contributed by atoms with Crippen molar-refractivity contribution in [2.45, 2.75) is 18.6 Å². The quantitative estimate of drug-likeness (QED) is 0.633. The zero-order valence-electron chi connectivity index (χ0n) is 10.4. The van der Waals surface area contributed by atoms with Crippen LogP contribution in [0.3, 0.4) is 0 Å². The summed E-state index contributed by atoms with van der Waals surface area (Å²) in [6.07, 6.45) is 1.93. The summed E-state index contributed by atoms with van der Waals surface area (Å²) < 4.78 is 12.0. The minimum atomic E-state index is -1.07. The average molecular weight is 269 g/mol. The Morgan fingerprint density at radius 1 is 1.58 bits per heavy atom. The molecule has 2 rings (SSSR count). The van der Waals surface area contributed by atoms with E-state index in [2.05, 4.69) is 4.89 Å². The number of hydrogen-bond donors (Lipinski definition) is 1. The van der Waals surface area contributed by atoms with Gasteiger partial charge in [-0.1, -0.05) is 0 Å². The normalized spacial score (nSPS) is 23.1. The second-order valence-corrected chi connectivity index (χ2v) is 4.22. The van der Waals surface area contributed by atoms with Gasteiger partial charge in [0.1, 0.15) is 11.7 Å². The summed E-state index contributed by atoms with van der Waals surface area (Å²) in [6, 6.07) is 2.65. The van der Waals surface area contributed by atoms with E-state index in [0.717, 1.165) is 0 Å². The highest BCUT2D eigenvalue weighted by Crippen LogP contribution is 2.22. The fourth-order valence-electron chi connectivity index (χ4n) is 2.22. The lowest BCUT2D eigenvalue weighted by molar-refractivity contribution is -0.183. The van der Waals surface area contributed by atoms with Crippen LogP contribution in [0.5, 0.6) is 0 Å². The summed E-state index contributed by atoms with van der Waals surface area (Å²) in [5.74, 6) is -1.07. The van der Waals surface area contributed by atoms with E-state index in [1.54, 1.807) is 19.4 Å². The zero-order valence-corrected chi connectivity index (χ0v) is 10.4. The molecular weight excluding hydrogens is 254 g/mol. The SMILES string of the molecule is CO[C@@H]1COCC[C@@H]1n1cccc(C(=O)OO)c1=O. The van der Waals surface area contributed by atoms with Gasteiger partial charge in [-0.25, -0.2) is 4.79 Å². The number of ether oxygens (including phenoxy) is 2. The lowest BCUT2D eigenvalue weighted by Gasteiger charge is -2.31. The molecule has 1 fully saturated rings. The lowest BCUT2D eigenvalue weighted by atomic mass is 10.1. The molecule has 104 valence electrons. The molecule has 1 aliphatic heterocycles. The van der Waals surface area contributed by atoms with Gasteiger partial charge in [-0.05, 0) is 18.6 Å². The van der Waals surface area contributed by atoms with Crippen LogP contribution >= 0.6 is 0 Å². The molecule has 0 radical (unpaired) electrons. The fraction of sp³-hybridized carbons (Fsp3) is 0.500. The smallest absolute Gasteiger partial charge is 0.378 e. The predicted octanol–water partition coefficient (Wildman–Crippen LogP) is 0.455. The van der Waals surface area contributed by atoms with Crippen LogP contribution in [0.4, 0.5) is 0 Å². The monoisotopic (exact) mass is 269 g/mol. The number of hydrogen-bond acceptors (Lipinski definition) is 6. The van der Waals surface area contributed by atoms with Crippen molar-refractivity contribution in [1.29, 1.82) is 0 Å². The lowest BCUT2D eigenvalue weighted by Crippen LogP contribution is -2.41. The Hall–Kier alpha value is -1.70. The highest BCUT2D eigenvalue weighted by Gasteiger charge is 2.29. The molecule has 0 aliphatic carbocycles. The molecule has 7 heteroatoms. The van der Waals surface area contributed by atoms with Crippen molar-refractivity contribution in [1.82, 2.24) is 4.57 Å². The maximum Gasteiger partial charge on any atom is 0.378 e.